The molecular weight excluding hydrogens is 202 g/mol. The molecule has 0 heterocycles. The Balaban J connectivity index is 2.18. The standard InChI is InChI=1S/C13H15NO2/c1-2-7-16-13(15)10-3-5-11-9(8-10)4-6-12(11)14/h2-3,5,8,12H,1,4,6-7,14H2/t12-/m0/s1. The Bertz CT molecular complexity index is 426. The lowest BCUT2D eigenvalue weighted by atomic mass is 10.1. The van der Waals surface area contributed by atoms with Crippen LogP contribution in [0.25, 0.3) is 0 Å². The maximum absolute atomic E-state index is 11.6. The van der Waals surface area contributed by atoms with Crippen molar-refractivity contribution in [3.05, 3.63) is 47.5 Å². The predicted octanol–water partition coefficient (Wildman–Crippen LogP) is 1.98. The lowest BCUT2D eigenvalue weighted by Crippen LogP contribution is -2.07. The summed E-state index contributed by atoms with van der Waals surface area (Å²) in [4.78, 5) is 11.6. The smallest absolute Gasteiger partial charge is 0.338 e. The van der Waals surface area contributed by atoms with Gasteiger partial charge in [0, 0.05) is 6.04 Å². The minimum absolute atomic E-state index is 0.119. The molecular formula is C13H15NO2. The number of ether oxygens (including phenoxy) is 1. The van der Waals surface area contributed by atoms with Gasteiger partial charge in [-0.1, -0.05) is 18.7 Å². The zero-order valence-corrected chi connectivity index (χ0v) is 9.11. The Morgan fingerprint density at radius 3 is 3.19 bits per heavy atom. The van der Waals surface area contributed by atoms with Crippen LogP contribution >= 0.6 is 0 Å². The number of rotatable bonds is 3. The van der Waals surface area contributed by atoms with E-state index in [4.69, 9.17) is 10.5 Å². The quantitative estimate of drug-likeness (QED) is 0.622. The van der Waals surface area contributed by atoms with E-state index < -0.39 is 0 Å². The van der Waals surface area contributed by atoms with Crippen LogP contribution < -0.4 is 5.73 Å². The molecule has 1 atom stereocenters. The van der Waals surface area contributed by atoms with E-state index in [1.807, 2.05) is 12.1 Å². The highest BCUT2D eigenvalue weighted by atomic mass is 16.5. The van der Waals surface area contributed by atoms with Crippen molar-refractivity contribution in [2.75, 3.05) is 6.61 Å². The van der Waals surface area contributed by atoms with Gasteiger partial charge >= 0.3 is 5.97 Å². The topological polar surface area (TPSA) is 52.3 Å². The SMILES string of the molecule is C=CCOC(=O)c1ccc2c(c1)CC[C@@H]2N. The Morgan fingerprint density at radius 2 is 2.44 bits per heavy atom. The van der Waals surface area contributed by atoms with Crippen molar-refractivity contribution in [2.45, 2.75) is 18.9 Å². The Kier molecular flexibility index (Phi) is 3.06. The van der Waals surface area contributed by atoms with Gasteiger partial charge in [0.25, 0.3) is 0 Å². The fourth-order valence-corrected chi connectivity index (χ4v) is 2.00. The monoisotopic (exact) mass is 217 g/mol. The van der Waals surface area contributed by atoms with Crippen LogP contribution in [0, 0.1) is 0 Å². The first-order valence-electron chi connectivity index (χ1n) is 5.39. The number of carbonyl (C=O) groups is 1. The summed E-state index contributed by atoms with van der Waals surface area (Å²) in [6.07, 6.45) is 3.46. The molecule has 0 spiro atoms. The molecule has 0 saturated carbocycles. The highest BCUT2D eigenvalue weighted by Gasteiger charge is 2.20. The van der Waals surface area contributed by atoms with Gasteiger partial charge in [0.2, 0.25) is 0 Å². The summed E-state index contributed by atoms with van der Waals surface area (Å²) >= 11 is 0. The van der Waals surface area contributed by atoms with Crippen molar-refractivity contribution in [3.8, 4) is 0 Å². The molecule has 16 heavy (non-hydrogen) atoms. The molecule has 1 aliphatic rings. The highest BCUT2D eigenvalue weighted by Crippen LogP contribution is 2.29. The average molecular weight is 217 g/mol. The Hall–Kier alpha value is -1.61. The molecule has 0 aromatic heterocycles. The zero-order chi connectivity index (χ0) is 11.5. The summed E-state index contributed by atoms with van der Waals surface area (Å²) in [7, 11) is 0. The molecule has 0 amide bonds. The van der Waals surface area contributed by atoms with E-state index in [-0.39, 0.29) is 18.6 Å². The summed E-state index contributed by atoms with van der Waals surface area (Å²) in [5, 5.41) is 0. The molecule has 1 aromatic rings. The second-order valence-corrected chi connectivity index (χ2v) is 3.95. The van der Waals surface area contributed by atoms with Crippen LogP contribution in [0.15, 0.2) is 30.9 Å². The fraction of sp³-hybridized carbons (Fsp3) is 0.308. The van der Waals surface area contributed by atoms with Gasteiger partial charge in [-0.25, -0.2) is 4.79 Å². The maximum Gasteiger partial charge on any atom is 0.338 e. The van der Waals surface area contributed by atoms with E-state index in [0.717, 1.165) is 18.4 Å². The number of aryl methyl sites for hydroxylation is 1. The van der Waals surface area contributed by atoms with Gasteiger partial charge in [-0.15, -0.1) is 0 Å². The maximum atomic E-state index is 11.6. The van der Waals surface area contributed by atoms with E-state index in [1.54, 1.807) is 12.1 Å². The van der Waals surface area contributed by atoms with Gasteiger partial charge in [0.05, 0.1) is 5.56 Å². The van der Waals surface area contributed by atoms with Gasteiger partial charge < -0.3 is 10.5 Å². The van der Waals surface area contributed by atoms with Gasteiger partial charge in [0.15, 0.2) is 0 Å². The number of hydrogen-bond acceptors (Lipinski definition) is 3. The predicted molar refractivity (Wildman–Crippen MR) is 62.2 cm³/mol. The van der Waals surface area contributed by atoms with Crippen LogP contribution in [0.1, 0.15) is 33.9 Å². The van der Waals surface area contributed by atoms with Crippen molar-refractivity contribution in [1.29, 1.82) is 0 Å². The lowest BCUT2D eigenvalue weighted by molar-refractivity contribution is 0.0549. The van der Waals surface area contributed by atoms with E-state index in [0.29, 0.717) is 5.56 Å². The summed E-state index contributed by atoms with van der Waals surface area (Å²) in [6, 6.07) is 5.70. The Morgan fingerprint density at radius 1 is 1.62 bits per heavy atom. The number of nitrogens with two attached hydrogens (primary N) is 1. The fourth-order valence-electron chi connectivity index (χ4n) is 2.00. The first-order chi connectivity index (χ1) is 7.72. The van der Waals surface area contributed by atoms with Crippen LogP contribution in [0.4, 0.5) is 0 Å². The second-order valence-electron chi connectivity index (χ2n) is 3.95. The molecule has 2 rings (SSSR count). The molecule has 3 nitrogen and oxygen atoms in total. The van der Waals surface area contributed by atoms with Gasteiger partial charge in [-0.3, -0.25) is 0 Å². The first-order valence-corrected chi connectivity index (χ1v) is 5.39. The number of esters is 1. The van der Waals surface area contributed by atoms with Crippen molar-refractivity contribution >= 4 is 5.97 Å². The third-order valence-electron chi connectivity index (χ3n) is 2.84. The largest absolute Gasteiger partial charge is 0.458 e. The summed E-state index contributed by atoms with van der Waals surface area (Å²) < 4.78 is 4.98. The molecule has 0 aliphatic heterocycles. The molecule has 84 valence electrons. The van der Waals surface area contributed by atoms with Crippen LogP contribution in [0.5, 0.6) is 0 Å². The average Bonchev–Trinajstić information content (AvgIpc) is 2.67. The number of benzene rings is 1. The molecule has 0 radical (unpaired) electrons. The Labute approximate surface area is 94.9 Å². The van der Waals surface area contributed by atoms with Crippen molar-refractivity contribution in [1.82, 2.24) is 0 Å². The van der Waals surface area contributed by atoms with Crippen molar-refractivity contribution in [2.24, 2.45) is 5.73 Å². The van der Waals surface area contributed by atoms with Crippen LogP contribution in [-0.2, 0) is 11.2 Å². The van der Waals surface area contributed by atoms with Gasteiger partial charge in [-0.2, -0.15) is 0 Å². The molecule has 0 unspecified atom stereocenters. The first kappa shape index (κ1) is 10.9. The zero-order valence-electron chi connectivity index (χ0n) is 9.11. The number of fused-ring (bicyclic) bond motifs is 1. The third-order valence-corrected chi connectivity index (χ3v) is 2.84. The normalized spacial score (nSPS) is 17.9. The summed E-state index contributed by atoms with van der Waals surface area (Å²) in [6.45, 7) is 3.75. The van der Waals surface area contributed by atoms with Crippen molar-refractivity contribution in [3.63, 3.8) is 0 Å². The van der Waals surface area contributed by atoms with E-state index >= 15 is 0 Å². The number of carbonyl (C=O) groups excluding carboxylic acids is 1. The minimum Gasteiger partial charge on any atom is -0.458 e. The van der Waals surface area contributed by atoms with Gasteiger partial charge in [0.1, 0.15) is 6.61 Å². The van der Waals surface area contributed by atoms with Gasteiger partial charge in [-0.05, 0) is 36.1 Å². The van der Waals surface area contributed by atoms with Crippen LogP contribution in [0.2, 0.25) is 0 Å². The molecule has 1 aliphatic carbocycles. The molecule has 0 fully saturated rings. The van der Waals surface area contributed by atoms with Crippen molar-refractivity contribution < 1.29 is 9.53 Å². The molecule has 0 bridgehead atoms. The van der Waals surface area contributed by atoms with E-state index in [1.165, 1.54) is 5.56 Å². The third kappa shape index (κ3) is 1.99. The van der Waals surface area contributed by atoms with Crippen LogP contribution in [0.3, 0.4) is 0 Å². The molecule has 3 heteroatoms. The summed E-state index contributed by atoms with van der Waals surface area (Å²) in [5.74, 6) is -0.303. The highest BCUT2D eigenvalue weighted by molar-refractivity contribution is 5.89. The summed E-state index contributed by atoms with van der Waals surface area (Å²) in [5.41, 5.74) is 8.84. The van der Waals surface area contributed by atoms with E-state index in [9.17, 15) is 4.79 Å². The number of hydrogen-bond donors (Lipinski definition) is 1. The second kappa shape index (κ2) is 4.49. The minimum atomic E-state index is -0.303. The molecule has 1 aromatic carbocycles. The molecule has 0 saturated heterocycles. The van der Waals surface area contributed by atoms with E-state index in [2.05, 4.69) is 6.58 Å². The van der Waals surface area contributed by atoms with Crippen LogP contribution in [-0.4, -0.2) is 12.6 Å². The lowest BCUT2D eigenvalue weighted by Gasteiger charge is -2.06. The molecule has 2 N–H and O–H groups in total.